The molecule has 0 aliphatic carbocycles. The first-order valence-electron chi connectivity index (χ1n) is 8.22. The Morgan fingerprint density at radius 3 is 2.62 bits per heavy atom. The summed E-state index contributed by atoms with van der Waals surface area (Å²) in [5, 5.41) is 7.05. The van der Waals surface area contributed by atoms with E-state index >= 15 is 0 Å². The number of hydrogen-bond donors (Lipinski definition) is 1. The minimum Gasteiger partial charge on any atom is -0.347 e. The number of carbonyl (C=O) groups excluding carboxylic acids is 1. The molecule has 2 aromatic heterocycles. The molecule has 0 aliphatic heterocycles. The summed E-state index contributed by atoms with van der Waals surface area (Å²) >= 11 is 0. The second kappa shape index (κ2) is 6.86. The average Bonchev–Trinajstić information content (AvgIpc) is 3.14. The van der Waals surface area contributed by atoms with E-state index in [1.165, 1.54) is 0 Å². The Morgan fingerprint density at radius 1 is 1.19 bits per heavy atom. The number of halogens is 3. The number of carbonyl (C=O) groups is 1. The fourth-order valence-electron chi connectivity index (χ4n) is 2.78. The first kappa shape index (κ1) is 18.0. The molecule has 1 N–H and O–H groups in total. The van der Waals surface area contributed by atoms with Gasteiger partial charge in [-0.2, -0.15) is 18.3 Å². The number of nitrogens with zero attached hydrogens (tertiary/aromatic N) is 3. The van der Waals surface area contributed by atoms with Crippen LogP contribution in [0, 0.1) is 5.92 Å². The molecule has 0 fully saturated rings. The van der Waals surface area contributed by atoms with Crippen molar-refractivity contribution in [3.05, 3.63) is 48.4 Å². The van der Waals surface area contributed by atoms with Gasteiger partial charge in [-0.05, 0) is 36.2 Å². The second-order valence-electron chi connectivity index (χ2n) is 6.58. The number of anilines is 1. The van der Waals surface area contributed by atoms with Gasteiger partial charge in [0.15, 0.2) is 5.69 Å². The lowest BCUT2D eigenvalue weighted by Crippen LogP contribution is -2.19. The summed E-state index contributed by atoms with van der Waals surface area (Å²) < 4.78 is 40.7. The highest BCUT2D eigenvalue weighted by Crippen LogP contribution is 2.27. The fraction of sp³-hybridized carbons (Fsp3) is 0.333. The molecule has 0 spiro atoms. The summed E-state index contributed by atoms with van der Waals surface area (Å²) in [5.41, 5.74) is 0.643. The normalized spacial score (nSPS) is 12.1. The van der Waals surface area contributed by atoms with E-state index in [1.807, 2.05) is 24.4 Å². The topological polar surface area (TPSA) is 51.9 Å². The SMILES string of the molecule is CC(C)Cn1ccc2cc(NC(=O)Cn3ccc(C(F)(F)F)n3)ccc21. The Kier molecular flexibility index (Phi) is 4.76. The molecule has 5 nitrogen and oxygen atoms in total. The smallest absolute Gasteiger partial charge is 0.347 e. The van der Waals surface area contributed by atoms with Crippen LogP contribution in [0.2, 0.25) is 0 Å². The predicted octanol–water partition coefficient (Wildman–Crippen LogP) is 4.15. The molecule has 26 heavy (non-hydrogen) atoms. The fourth-order valence-corrected chi connectivity index (χ4v) is 2.78. The van der Waals surface area contributed by atoms with Crippen LogP contribution in [0.1, 0.15) is 19.5 Å². The van der Waals surface area contributed by atoms with Gasteiger partial charge in [0.2, 0.25) is 5.91 Å². The standard InChI is InChI=1S/C18H19F3N4O/c1-12(2)10-24-7-5-13-9-14(3-4-15(13)24)22-17(26)11-25-8-6-16(23-25)18(19,20)21/h3-9,12H,10-11H2,1-2H3,(H,22,26). The van der Waals surface area contributed by atoms with Crippen molar-refractivity contribution in [1.29, 1.82) is 0 Å². The number of benzene rings is 1. The first-order chi connectivity index (χ1) is 12.2. The predicted molar refractivity (Wildman–Crippen MR) is 92.6 cm³/mol. The van der Waals surface area contributed by atoms with Crippen molar-refractivity contribution in [2.45, 2.75) is 33.1 Å². The third kappa shape index (κ3) is 4.07. The molecule has 0 saturated heterocycles. The van der Waals surface area contributed by atoms with E-state index in [0.29, 0.717) is 11.6 Å². The van der Waals surface area contributed by atoms with Gasteiger partial charge in [-0.1, -0.05) is 13.8 Å². The van der Waals surface area contributed by atoms with Crippen molar-refractivity contribution in [1.82, 2.24) is 14.3 Å². The Hall–Kier alpha value is -2.77. The van der Waals surface area contributed by atoms with Gasteiger partial charge in [-0.15, -0.1) is 0 Å². The Labute approximate surface area is 148 Å². The highest BCUT2D eigenvalue weighted by Gasteiger charge is 2.33. The molecule has 3 rings (SSSR count). The van der Waals surface area contributed by atoms with Crippen LogP contribution in [-0.2, 0) is 24.1 Å². The van der Waals surface area contributed by atoms with Crippen molar-refractivity contribution >= 4 is 22.5 Å². The van der Waals surface area contributed by atoms with Crippen molar-refractivity contribution in [3.63, 3.8) is 0 Å². The maximum absolute atomic E-state index is 12.5. The number of fused-ring (bicyclic) bond motifs is 1. The molecule has 1 amide bonds. The number of rotatable bonds is 5. The number of amides is 1. The van der Waals surface area contributed by atoms with Gasteiger partial charge in [0.1, 0.15) is 6.54 Å². The third-order valence-electron chi connectivity index (χ3n) is 3.85. The van der Waals surface area contributed by atoms with E-state index in [4.69, 9.17) is 0 Å². The van der Waals surface area contributed by atoms with Gasteiger partial charge in [-0.3, -0.25) is 9.48 Å². The monoisotopic (exact) mass is 364 g/mol. The summed E-state index contributed by atoms with van der Waals surface area (Å²) in [5.74, 6) is 0.0726. The second-order valence-corrected chi connectivity index (χ2v) is 6.58. The number of hydrogen-bond acceptors (Lipinski definition) is 2. The van der Waals surface area contributed by atoms with Crippen molar-refractivity contribution in [3.8, 4) is 0 Å². The molecular weight excluding hydrogens is 345 g/mol. The summed E-state index contributed by atoms with van der Waals surface area (Å²) in [7, 11) is 0. The maximum atomic E-state index is 12.5. The van der Waals surface area contributed by atoms with Crippen LogP contribution >= 0.6 is 0 Å². The Bertz CT molecular complexity index is 924. The van der Waals surface area contributed by atoms with Crippen LogP contribution in [0.5, 0.6) is 0 Å². The lowest BCUT2D eigenvalue weighted by atomic mass is 10.2. The van der Waals surface area contributed by atoms with Crippen LogP contribution in [-0.4, -0.2) is 20.3 Å². The van der Waals surface area contributed by atoms with Gasteiger partial charge in [0.25, 0.3) is 0 Å². The Balaban J connectivity index is 1.68. The van der Waals surface area contributed by atoms with E-state index in [1.54, 1.807) is 6.07 Å². The molecule has 0 bridgehead atoms. The number of nitrogens with one attached hydrogen (secondary N) is 1. The Morgan fingerprint density at radius 2 is 1.96 bits per heavy atom. The molecule has 0 radical (unpaired) electrons. The van der Waals surface area contributed by atoms with E-state index in [-0.39, 0.29) is 6.54 Å². The molecule has 1 aromatic carbocycles. The number of alkyl halides is 3. The van der Waals surface area contributed by atoms with Gasteiger partial charge in [0.05, 0.1) is 0 Å². The highest BCUT2D eigenvalue weighted by molar-refractivity contribution is 5.93. The minimum absolute atomic E-state index is 0.289. The zero-order valence-electron chi connectivity index (χ0n) is 14.4. The molecule has 0 unspecified atom stereocenters. The van der Waals surface area contributed by atoms with E-state index in [2.05, 4.69) is 28.8 Å². The van der Waals surface area contributed by atoms with Crippen LogP contribution in [0.4, 0.5) is 18.9 Å². The first-order valence-corrected chi connectivity index (χ1v) is 8.22. The van der Waals surface area contributed by atoms with Gasteiger partial charge in [-0.25, -0.2) is 0 Å². The maximum Gasteiger partial charge on any atom is 0.435 e. The van der Waals surface area contributed by atoms with Gasteiger partial charge in [0, 0.05) is 35.5 Å². The van der Waals surface area contributed by atoms with E-state index < -0.39 is 17.8 Å². The highest BCUT2D eigenvalue weighted by atomic mass is 19.4. The van der Waals surface area contributed by atoms with Crippen LogP contribution in [0.15, 0.2) is 42.7 Å². The number of aromatic nitrogens is 3. The minimum atomic E-state index is -4.52. The lowest BCUT2D eigenvalue weighted by molar-refractivity contribution is -0.141. The summed E-state index contributed by atoms with van der Waals surface area (Å²) in [6.45, 7) is 4.89. The molecule has 3 aromatic rings. The molecule has 0 saturated carbocycles. The summed E-state index contributed by atoms with van der Waals surface area (Å²) in [6.07, 6.45) is -1.38. The summed E-state index contributed by atoms with van der Waals surface area (Å²) in [4.78, 5) is 12.1. The molecule has 0 atom stereocenters. The molecule has 0 aliphatic rings. The molecular formula is C18H19F3N4O. The summed E-state index contributed by atoms with van der Waals surface area (Å²) in [6, 6.07) is 8.35. The molecule has 2 heterocycles. The van der Waals surface area contributed by atoms with E-state index in [9.17, 15) is 18.0 Å². The van der Waals surface area contributed by atoms with Crippen LogP contribution in [0.3, 0.4) is 0 Å². The third-order valence-corrected chi connectivity index (χ3v) is 3.85. The van der Waals surface area contributed by atoms with Gasteiger partial charge < -0.3 is 9.88 Å². The van der Waals surface area contributed by atoms with Crippen molar-refractivity contribution in [2.24, 2.45) is 5.92 Å². The van der Waals surface area contributed by atoms with Crippen molar-refractivity contribution in [2.75, 3.05) is 5.32 Å². The zero-order valence-corrected chi connectivity index (χ0v) is 14.4. The molecule has 138 valence electrons. The van der Waals surface area contributed by atoms with Gasteiger partial charge >= 0.3 is 6.18 Å². The van der Waals surface area contributed by atoms with Crippen LogP contribution < -0.4 is 5.32 Å². The largest absolute Gasteiger partial charge is 0.435 e. The lowest BCUT2D eigenvalue weighted by Gasteiger charge is -2.09. The average molecular weight is 364 g/mol. The molecule has 8 heteroatoms. The van der Waals surface area contributed by atoms with E-state index in [0.717, 1.165) is 34.4 Å². The zero-order chi connectivity index (χ0) is 18.9. The van der Waals surface area contributed by atoms with Crippen molar-refractivity contribution < 1.29 is 18.0 Å². The quantitative estimate of drug-likeness (QED) is 0.739. The van der Waals surface area contributed by atoms with Crippen LogP contribution in [0.25, 0.3) is 10.9 Å².